The number of carbonyl (C=O) groups excluding carboxylic acids is 1. The van der Waals surface area contributed by atoms with Crippen molar-refractivity contribution in [1.29, 1.82) is 0 Å². The van der Waals surface area contributed by atoms with E-state index >= 15 is 0 Å². The van der Waals surface area contributed by atoms with Crippen molar-refractivity contribution in [1.82, 2.24) is 4.98 Å². The molecule has 2 N–H and O–H groups in total. The molecule has 13 heavy (non-hydrogen) atoms. The van der Waals surface area contributed by atoms with Gasteiger partial charge in [-0.25, -0.2) is 0 Å². The van der Waals surface area contributed by atoms with Crippen LogP contribution in [0.4, 0.5) is 0 Å². The maximum absolute atomic E-state index is 10.7. The number of pyridine rings is 1. The van der Waals surface area contributed by atoms with E-state index in [4.69, 9.17) is 5.73 Å². The summed E-state index contributed by atoms with van der Waals surface area (Å²) in [6.07, 6.45) is 5.20. The molecule has 0 radical (unpaired) electrons. The van der Waals surface area contributed by atoms with Crippen molar-refractivity contribution in [2.24, 2.45) is 11.7 Å². The lowest BCUT2D eigenvalue weighted by atomic mass is 10.0. The molecule has 0 spiro atoms. The molecule has 0 aromatic carbocycles. The second-order valence-corrected chi connectivity index (χ2v) is 3.20. The van der Waals surface area contributed by atoms with E-state index in [-0.39, 0.29) is 11.8 Å². The average molecular weight is 178 g/mol. The normalized spacial score (nSPS) is 12.4. The Morgan fingerprint density at radius 2 is 2.46 bits per heavy atom. The predicted octanol–water partition coefficient (Wildman–Crippen LogP) is 1.14. The first-order valence-electron chi connectivity index (χ1n) is 4.38. The number of carbonyl (C=O) groups is 1. The summed E-state index contributed by atoms with van der Waals surface area (Å²) in [4.78, 5) is 14.7. The Morgan fingerprint density at radius 1 is 1.69 bits per heavy atom. The van der Waals surface area contributed by atoms with Gasteiger partial charge < -0.3 is 5.73 Å². The van der Waals surface area contributed by atoms with Gasteiger partial charge in [-0.1, -0.05) is 13.0 Å². The molecule has 3 nitrogen and oxygen atoms in total. The molecule has 1 aromatic rings. The smallest absolute Gasteiger partial charge is 0.220 e. The van der Waals surface area contributed by atoms with Gasteiger partial charge in [-0.15, -0.1) is 0 Å². The highest BCUT2D eigenvalue weighted by atomic mass is 16.1. The van der Waals surface area contributed by atoms with E-state index < -0.39 is 0 Å². The van der Waals surface area contributed by atoms with Crippen LogP contribution in [0.1, 0.15) is 18.9 Å². The minimum absolute atomic E-state index is 0.0554. The highest BCUT2D eigenvalue weighted by Gasteiger charge is 2.07. The lowest BCUT2D eigenvalue weighted by Gasteiger charge is -2.05. The fourth-order valence-corrected chi connectivity index (χ4v) is 1.07. The molecule has 0 saturated carbocycles. The minimum Gasteiger partial charge on any atom is -0.369 e. The van der Waals surface area contributed by atoms with Gasteiger partial charge in [-0.05, 0) is 24.5 Å². The molecule has 0 fully saturated rings. The number of rotatable bonds is 4. The summed E-state index contributed by atoms with van der Waals surface area (Å²) in [5.74, 6) is -0.288. The molecule has 1 heterocycles. The van der Waals surface area contributed by atoms with E-state index in [1.54, 1.807) is 6.20 Å². The maximum Gasteiger partial charge on any atom is 0.220 e. The summed E-state index contributed by atoms with van der Waals surface area (Å²) in [5.41, 5.74) is 6.29. The summed E-state index contributed by atoms with van der Waals surface area (Å²) in [5, 5.41) is 0. The van der Waals surface area contributed by atoms with Crippen molar-refractivity contribution in [3.8, 4) is 0 Å². The van der Waals surface area contributed by atoms with E-state index in [0.717, 1.165) is 18.4 Å². The van der Waals surface area contributed by atoms with E-state index in [9.17, 15) is 4.79 Å². The van der Waals surface area contributed by atoms with Crippen LogP contribution in [0.25, 0.3) is 0 Å². The van der Waals surface area contributed by atoms with Crippen LogP contribution in [-0.2, 0) is 11.2 Å². The first kappa shape index (κ1) is 9.71. The molecule has 0 aliphatic heterocycles. The average Bonchev–Trinajstić information content (AvgIpc) is 2.15. The van der Waals surface area contributed by atoms with E-state index in [2.05, 4.69) is 4.98 Å². The van der Waals surface area contributed by atoms with Crippen LogP contribution < -0.4 is 5.73 Å². The highest BCUT2D eigenvalue weighted by molar-refractivity contribution is 5.76. The lowest BCUT2D eigenvalue weighted by Crippen LogP contribution is -2.20. The van der Waals surface area contributed by atoms with Gasteiger partial charge in [0, 0.05) is 18.3 Å². The number of hydrogen-bond acceptors (Lipinski definition) is 2. The molecule has 1 atom stereocenters. The van der Waals surface area contributed by atoms with Crippen LogP contribution >= 0.6 is 0 Å². The van der Waals surface area contributed by atoms with Crippen LogP contribution in [-0.4, -0.2) is 10.9 Å². The molecular formula is C10H14N2O. The van der Waals surface area contributed by atoms with Gasteiger partial charge in [0.1, 0.15) is 0 Å². The Morgan fingerprint density at radius 3 is 3.00 bits per heavy atom. The SMILES string of the molecule is CC(CCc1cccnc1)C(N)=O. The third kappa shape index (κ3) is 3.23. The zero-order valence-electron chi connectivity index (χ0n) is 7.73. The van der Waals surface area contributed by atoms with Crippen LogP contribution in [0, 0.1) is 5.92 Å². The van der Waals surface area contributed by atoms with Crippen LogP contribution in [0.2, 0.25) is 0 Å². The predicted molar refractivity (Wildman–Crippen MR) is 50.9 cm³/mol. The Hall–Kier alpha value is -1.38. The molecule has 3 heteroatoms. The minimum atomic E-state index is -0.233. The number of hydrogen-bond donors (Lipinski definition) is 1. The Bertz CT molecular complexity index is 272. The second-order valence-electron chi connectivity index (χ2n) is 3.20. The molecule has 70 valence electrons. The molecule has 0 aliphatic rings. The Labute approximate surface area is 78.0 Å². The summed E-state index contributed by atoms with van der Waals surface area (Å²) in [6, 6.07) is 3.89. The van der Waals surface area contributed by atoms with Crippen molar-refractivity contribution < 1.29 is 4.79 Å². The second kappa shape index (κ2) is 4.60. The van der Waals surface area contributed by atoms with Crippen LogP contribution in [0.5, 0.6) is 0 Å². The quantitative estimate of drug-likeness (QED) is 0.751. The summed E-state index contributed by atoms with van der Waals surface area (Å²) < 4.78 is 0. The van der Waals surface area contributed by atoms with E-state index in [0.29, 0.717) is 0 Å². The van der Waals surface area contributed by atoms with Crippen molar-refractivity contribution >= 4 is 5.91 Å². The molecule has 0 bridgehead atoms. The molecule has 1 unspecified atom stereocenters. The monoisotopic (exact) mass is 178 g/mol. The standard InChI is InChI=1S/C10H14N2O/c1-8(10(11)13)4-5-9-3-2-6-12-7-9/h2-3,6-8H,4-5H2,1H3,(H2,11,13). The van der Waals surface area contributed by atoms with Crippen molar-refractivity contribution in [2.45, 2.75) is 19.8 Å². The van der Waals surface area contributed by atoms with Gasteiger partial charge >= 0.3 is 0 Å². The zero-order chi connectivity index (χ0) is 9.68. The first-order valence-corrected chi connectivity index (χ1v) is 4.38. The molecule has 0 aliphatic carbocycles. The molecule has 1 amide bonds. The van der Waals surface area contributed by atoms with E-state index in [1.807, 2.05) is 25.3 Å². The Balaban J connectivity index is 2.39. The third-order valence-electron chi connectivity index (χ3n) is 2.07. The molecule has 1 aromatic heterocycles. The van der Waals surface area contributed by atoms with Gasteiger partial charge in [0.05, 0.1) is 0 Å². The Kier molecular flexibility index (Phi) is 3.43. The van der Waals surface area contributed by atoms with Crippen molar-refractivity contribution in [3.63, 3.8) is 0 Å². The van der Waals surface area contributed by atoms with Gasteiger partial charge in [0.2, 0.25) is 5.91 Å². The maximum atomic E-state index is 10.7. The lowest BCUT2D eigenvalue weighted by molar-refractivity contribution is -0.121. The zero-order valence-corrected chi connectivity index (χ0v) is 7.73. The topological polar surface area (TPSA) is 56.0 Å². The third-order valence-corrected chi connectivity index (χ3v) is 2.07. The van der Waals surface area contributed by atoms with Crippen LogP contribution in [0.3, 0.4) is 0 Å². The molecule has 1 rings (SSSR count). The number of aryl methyl sites for hydroxylation is 1. The largest absolute Gasteiger partial charge is 0.369 e. The number of nitrogens with two attached hydrogens (primary N) is 1. The first-order chi connectivity index (χ1) is 6.20. The number of aromatic nitrogens is 1. The van der Waals surface area contributed by atoms with Crippen molar-refractivity contribution in [2.75, 3.05) is 0 Å². The number of amides is 1. The van der Waals surface area contributed by atoms with Gasteiger partial charge in [0.15, 0.2) is 0 Å². The van der Waals surface area contributed by atoms with Crippen molar-refractivity contribution in [3.05, 3.63) is 30.1 Å². The summed E-state index contributed by atoms with van der Waals surface area (Å²) in [7, 11) is 0. The van der Waals surface area contributed by atoms with E-state index in [1.165, 1.54) is 0 Å². The number of nitrogens with zero attached hydrogens (tertiary/aromatic N) is 1. The van der Waals surface area contributed by atoms with Crippen LogP contribution in [0.15, 0.2) is 24.5 Å². The highest BCUT2D eigenvalue weighted by Crippen LogP contribution is 2.07. The summed E-state index contributed by atoms with van der Waals surface area (Å²) in [6.45, 7) is 1.85. The number of primary amides is 1. The van der Waals surface area contributed by atoms with Gasteiger partial charge in [-0.2, -0.15) is 0 Å². The summed E-state index contributed by atoms with van der Waals surface area (Å²) >= 11 is 0. The van der Waals surface area contributed by atoms with Gasteiger partial charge in [-0.3, -0.25) is 9.78 Å². The fraction of sp³-hybridized carbons (Fsp3) is 0.400. The fourth-order valence-electron chi connectivity index (χ4n) is 1.07. The van der Waals surface area contributed by atoms with Gasteiger partial charge in [0.25, 0.3) is 0 Å². The molecule has 0 saturated heterocycles. The molecular weight excluding hydrogens is 164 g/mol.